The van der Waals surface area contributed by atoms with Crippen molar-refractivity contribution in [2.24, 2.45) is 33.5 Å². The number of hydrogen-bond donors (Lipinski definition) is 0. The van der Waals surface area contributed by atoms with Gasteiger partial charge >= 0.3 is 0 Å². The molecule has 2 unspecified atom stereocenters. The molecule has 3 heteroatoms. The Bertz CT molecular complexity index is 3260. The lowest BCUT2D eigenvalue weighted by Crippen LogP contribution is -2.61. The van der Waals surface area contributed by atoms with Crippen LogP contribution in [0.25, 0.3) is 22.3 Å². The lowest BCUT2D eigenvalue weighted by molar-refractivity contribution is 0.0990. The topological polar surface area (TPSA) is 6.48 Å². The Morgan fingerprint density at radius 3 is 1.35 bits per heavy atom. The first-order valence-corrected chi connectivity index (χ1v) is 24.9. The Morgan fingerprint density at radius 1 is 0.415 bits per heavy atom. The van der Waals surface area contributed by atoms with Gasteiger partial charge in [0, 0.05) is 45.0 Å². The van der Waals surface area contributed by atoms with Crippen LogP contribution in [0, 0.1) is 33.5 Å². The SMILES string of the molecule is CC1(C)C2CCC1(C)[C@@]1(C2)c2ccccc2-c2cc3c(cc21)B1c2cc4c(cc2N(c2ccccc2)c2cccc(c21)N3c1ccccc1)[C@]1(C[C@@H]2CC[C@@]1(C)C2(C)C)c1ccccc1-4. The lowest BCUT2D eigenvalue weighted by atomic mass is 9.33. The van der Waals surface area contributed by atoms with E-state index in [-0.39, 0.29) is 39.2 Å². The standard InChI is InChI=1S/C62H57BN2/c1-57(2)38-28-30-59(57,5)61(36-38)47-25-16-14-23-43(47)45-33-54-51(34-48(45)61)63-50-32-44-42-22-13-15-24-46(42)62(37-39-29-31-60(62,6)58(39,3)4)49(44)35-55(50)65(41-20-11-8-12-21-41)53-27-17-26-52(56(53)63)64(54)40-18-9-7-10-19-40/h7-27,32-35,38-39H,28-31,36-37H2,1-6H3/t38?,39-,59?,60-,61-,62-/m0/s1. The molecule has 0 amide bonds. The van der Waals surface area contributed by atoms with Gasteiger partial charge in [0.05, 0.1) is 0 Å². The molecule has 2 aliphatic heterocycles. The summed E-state index contributed by atoms with van der Waals surface area (Å²) in [6.07, 6.45) is 7.69. The van der Waals surface area contributed by atoms with E-state index >= 15 is 0 Å². The van der Waals surface area contributed by atoms with Crippen LogP contribution >= 0.6 is 0 Å². The van der Waals surface area contributed by atoms with Gasteiger partial charge in [-0.3, -0.25) is 0 Å². The molecule has 4 bridgehead atoms. The summed E-state index contributed by atoms with van der Waals surface area (Å²) in [5, 5.41) is 0. The molecule has 7 aromatic rings. The maximum atomic E-state index is 2.79. The van der Waals surface area contributed by atoms with Crippen LogP contribution in [0.5, 0.6) is 0 Å². The summed E-state index contributed by atoms with van der Waals surface area (Å²) in [5.41, 5.74) is 24.9. The summed E-state index contributed by atoms with van der Waals surface area (Å²) in [6.45, 7) is 15.8. The fourth-order valence-electron chi connectivity index (χ4n) is 17.6. The van der Waals surface area contributed by atoms with Crippen molar-refractivity contribution < 1.29 is 0 Å². The molecule has 7 aromatic carbocycles. The molecule has 0 aromatic heterocycles. The zero-order chi connectivity index (χ0) is 43.6. The smallest absolute Gasteiger partial charge is 0.252 e. The monoisotopic (exact) mass is 840 g/mol. The zero-order valence-electron chi connectivity index (χ0n) is 38.8. The summed E-state index contributed by atoms with van der Waals surface area (Å²) >= 11 is 0. The van der Waals surface area contributed by atoms with E-state index in [1.54, 1.807) is 22.3 Å². The second-order valence-corrected chi connectivity index (χ2v) is 23.3. The first-order valence-electron chi connectivity index (χ1n) is 24.9. The van der Waals surface area contributed by atoms with Crippen LogP contribution in [0.15, 0.2) is 152 Å². The predicted molar refractivity (Wildman–Crippen MR) is 271 cm³/mol. The third kappa shape index (κ3) is 3.93. The van der Waals surface area contributed by atoms with Gasteiger partial charge in [0.25, 0.3) is 6.71 Å². The van der Waals surface area contributed by atoms with E-state index in [4.69, 9.17) is 0 Å². The highest BCUT2D eigenvalue weighted by molar-refractivity contribution is 7.00. The molecule has 4 fully saturated rings. The third-order valence-electron chi connectivity index (χ3n) is 21.4. The van der Waals surface area contributed by atoms with Crippen LogP contribution in [0.2, 0.25) is 0 Å². The normalized spacial score (nSPS) is 30.0. The molecule has 318 valence electrons. The fourth-order valence-corrected chi connectivity index (χ4v) is 17.6. The van der Waals surface area contributed by atoms with Gasteiger partial charge in [-0.05, 0) is 181 Å². The van der Waals surface area contributed by atoms with Gasteiger partial charge in [-0.25, -0.2) is 0 Å². The molecule has 4 saturated carbocycles. The number of benzene rings is 7. The van der Waals surface area contributed by atoms with Crippen molar-refractivity contribution >= 4 is 57.2 Å². The molecule has 15 rings (SSSR count). The van der Waals surface area contributed by atoms with E-state index in [9.17, 15) is 0 Å². The van der Waals surface area contributed by atoms with Gasteiger partial charge in [0.15, 0.2) is 0 Å². The Morgan fingerprint density at radius 2 is 0.862 bits per heavy atom. The molecular formula is C62H57BN2. The number of rotatable bonds is 2. The molecule has 0 radical (unpaired) electrons. The van der Waals surface area contributed by atoms with Crippen molar-refractivity contribution in [3.63, 3.8) is 0 Å². The summed E-state index contributed by atoms with van der Waals surface area (Å²) in [7, 11) is 0. The zero-order valence-corrected chi connectivity index (χ0v) is 38.8. The van der Waals surface area contributed by atoms with Crippen LogP contribution in [0.1, 0.15) is 102 Å². The minimum atomic E-state index is -0.0292. The van der Waals surface area contributed by atoms with E-state index in [2.05, 4.69) is 203 Å². The summed E-state index contributed by atoms with van der Waals surface area (Å²) in [6, 6.07) is 59.8. The van der Waals surface area contributed by atoms with Crippen molar-refractivity contribution in [3.8, 4) is 22.3 Å². The minimum Gasteiger partial charge on any atom is -0.311 e. The molecular weight excluding hydrogens is 784 g/mol. The molecule has 8 aliphatic rings. The molecule has 6 aliphatic carbocycles. The Hall–Kier alpha value is -5.80. The molecule has 0 N–H and O–H groups in total. The van der Waals surface area contributed by atoms with E-state index in [1.807, 2.05) is 0 Å². The van der Waals surface area contributed by atoms with Crippen LogP contribution in [0.4, 0.5) is 34.1 Å². The maximum Gasteiger partial charge on any atom is 0.252 e. The second kappa shape index (κ2) is 11.8. The summed E-state index contributed by atoms with van der Waals surface area (Å²) in [5.74, 6) is 1.42. The van der Waals surface area contributed by atoms with Crippen molar-refractivity contribution in [2.45, 2.75) is 90.9 Å². The molecule has 0 saturated heterocycles. The molecule has 2 spiro atoms. The molecule has 2 nitrogen and oxygen atoms in total. The van der Waals surface area contributed by atoms with Crippen LogP contribution in [-0.2, 0) is 10.8 Å². The number of nitrogens with zero attached hydrogens (tertiary/aromatic N) is 2. The van der Waals surface area contributed by atoms with Gasteiger partial charge < -0.3 is 9.80 Å². The number of anilines is 6. The van der Waals surface area contributed by atoms with Crippen LogP contribution in [0.3, 0.4) is 0 Å². The highest BCUT2D eigenvalue weighted by Crippen LogP contribution is 2.79. The largest absolute Gasteiger partial charge is 0.311 e. The first-order chi connectivity index (χ1) is 31.5. The average molecular weight is 841 g/mol. The van der Waals surface area contributed by atoms with E-state index < -0.39 is 0 Å². The Labute approximate surface area is 385 Å². The first kappa shape index (κ1) is 37.4. The van der Waals surface area contributed by atoms with Crippen LogP contribution < -0.4 is 26.2 Å². The number of para-hydroxylation sites is 2. The molecule has 2 heterocycles. The van der Waals surface area contributed by atoms with Crippen LogP contribution in [-0.4, -0.2) is 6.71 Å². The maximum absolute atomic E-state index is 2.79. The van der Waals surface area contributed by atoms with Crippen molar-refractivity contribution in [3.05, 3.63) is 174 Å². The predicted octanol–water partition coefficient (Wildman–Crippen LogP) is 14.0. The highest BCUT2D eigenvalue weighted by atomic mass is 15.2. The van der Waals surface area contributed by atoms with E-state index in [1.165, 1.54) is 111 Å². The van der Waals surface area contributed by atoms with E-state index in [0.29, 0.717) is 11.8 Å². The quantitative estimate of drug-likeness (QED) is 0.160. The minimum absolute atomic E-state index is 0.0253. The van der Waals surface area contributed by atoms with Crippen molar-refractivity contribution in [1.82, 2.24) is 0 Å². The molecule has 65 heavy (non-hydrogen) atoms. The van der Waals surface area contributed by atoms with Gasteiger partial charge in [-0.15, -0.1) is 0 Å². The number of fused-ring (bicyclic) bond motifs is 20. The summed E-state index contributed by atoms with van der Waals surface area (Å²) in [4.78, 5) is 5.27. The number of hydrogen-bond acceptors (Lipinski definition) is 2. The average Bonchev–Trinajstić information content (AvgIpc) is 4.02. The van der Waals surface area contributed by atoms with E-state index in [0.717, 1.165) is 0 Å². The van der Waals surface area contributed by atoms with Crippen molar-refractivity contribution in [1.29, 1.82) is 0 Å². The fraction of sp³-hybridized carbons (Fsp3) is 0.323. The molecule has 6 atom stereocenters. The van der Waals surface area contributed by atoms with Gasteiger partial charge in [-0.1, -0.05) is 145 Å². The Kier molecular flexibility index (Phi) is 6.78. The third-order valence-corrected chi connectivity index (χ3v) is 21.4. The Balaban J connectivity index is 1.06. The van der Waals surface area contributed by atoms with Gasteiger partial charge in [-0.2, -0.15) is 0 Å². The highest BCUT2D eigenvalue weighted by Gasteiger charge is 2.73. The van der Waals surface area contributed by atoms with Gasteiger partial charge in [0.1, 0.15) is 0 Å². The summed E-state index contributed by atoms with van der Waals surface area (Å²) < 4.78 is 0. The second-order valence-electron chi connectivity index (χ2n) is 23.3. The lowest BCUT2D eigenvalue weighted by Gasteiger charge is -2.49. The van der Waals surface area contributed by atoms with Gasteiger partial charge in [0.2, 0.25) is 0 Å². The van der Waals surface area contributed by atoms with Crippen molar-refractivity contribution in [2.75, 3.05) is 9.80 Å².